The van der Waals surface area contributed by atoms with Crippen molar-refractivity contribution in [3.05, 3.63) is 63.8 Å². The summed E-state index contributed by atoms with van der Waals surface area (Å²) >= 11 is 6.54. The molecule has 0 bridgehead atoms. The van der Waals surface area contributed by atoms with Gasteiger partial charge in [-0.1, -0.05) is 11.6 Å². The van der Waals surface area contributed by atoms with Crippen molar-refractivity contribution in [2.45, 2.75) is 64.1 Å². The molecule has 2 fully saturated rings. The Morgan fingerprint density at radius 2 is 1.84 bits per heavy atom. The monoisotopic (exact) mass is 714 g/mol. The van der Waals surface area contributed by atoms with E-state index in [2.05, 4.69) is 20.7 Å². The maximum absolute atomic E-state index is 13.7. The summed E-state index contributed by atoms with van der Waals surface area (Å²) in [5.41, 5.74) is 3.08. The van der Waals surface area contributed by atoms with Crippen molar-refractivity contribution in [3.63, 3.8) is 0 Å². The number of rotatable bonds is 8. The van der Waals surface area contributed by atoms with Gasteiger partial charge in [0.25, 0.3) is 0 Å². The zero-order valence-corrected chi connectivity index (χ0v) is 29.7. The molecule has 3 N–H and O–H groups in total. The predicted octanol–water partition coefficient (Wildman–Crippen LogP) is 3.34. The lowest BCUT2D eigenvalue weighted by Crippen LogP contribution is -2.56. The van der Waals surface area contributed by atoms with Gasteiger partial charge in [-0.25, -0.2) is 9.78 Å². The highest BCUT2D eigenvalue weighted by Gasteiger charge is 2.35. The molecular formula is C35H39ClN10O5. The first-order valence-corrected chi connectivity index (χ1v) is 17.1. The van der Waals surface area contributed by atoms with E-state index in [-0.39, 0.29) is 47.4 Å². The lowest BCUT2D eigenvalue weighted by atomic mass is 9.92. The van der Waals surface area contributed by atoms with Gasteiger partial charge in [0.2, 0.25) is 23.7 Å². The summed E-state index contributed by atoms with van der Waals surface area (Å²) in [6, 6.07) is 10.9. The van der Waals surface area contributed by atoms with Crippen molar-refractivity contribution in [2.24, 2.45) is 14.1 Å². The van der Waals surface area contributed by atoms with Crippen molar-refractivity contribution in [3.8, 4) is 0 Å². The number of amides is 3. The van der Waals surface area contributed by atoms with Gasteiger partial charge in [-0.3, -0.25) is 33.5 Å². The highest BCUT2D eigenvalue weighted by atomic mass is 35.5. The molecule has 2 aliphatic rings. The van der Waals surface area contributed by atoms with E-state index in [4.69, 9.17) is 16.6 Å². The SMILES string of the molecule is CC1CN(c2ncc(Cl)c(Nc3ccc4c(c3)n(CCC(C)(C)O)c(=O)n4C)n2)CC(=O)N1c1ccc2c(C3CCC(=O)NC3=O)nn(C)c2c1. The Morgan fingerprint density at radius 1 is 1.06 bits per heavy atom. The fourth-order valence-corrected chi connectivity index (χ4v) is 7.10. The van der Waals surface area contributed by atoms with Gasteiger partial charge in [0, 0.05) is 50.4 Å². The number of aromatic nitrogens is 6. The number of aliphatic hydroxyl groups is 1. The number of halogens is 1. The second kappa shape index (κ2) is 12.8. The van der Waals surface area contributed by atoms with Gasteiger partial charge in [-0.2, -0.15) is 10.1 Å². The molecule has 2 atom stereocenters. The average molecular weight is 715 g/mol. The maximum atomic E-state index is 13.7. The molecule has 2 aliphatic heterocycles. The molecule has 2 saturated heterocycles. The summed E-state index contributed by atoms with van der Waals surface area (Å²) in [5.74, 6) is -0.613. The van der Waals surface area contributed by atoms with E-state index in [1.54, 1.807) is 46.7 Å². The van der Waals surface area contributed by atoms with Crippen LogP contribution in [0.2, 0.25) is 5.02 Å². The van der Waals surface area contributed by atoms with Crippen LogP contribution in [0.3, 0.4) is 0 Å². The third-order valence-electron chi connectivity index (χ3n) is 9.60. The number of anilines is 4. The standard InChI is InChI=1S/C35H39ClN10O5/c1-19-17-44(18-29(48)46(19)21-7-8-22-26(15-21)43(5)41-30(22)23-9-11-28(47)39-32(23)49)33-37-16-24(36)31(40-33)38-20-6-10-25-27(14-20)45(34(50)42(25)4)13-12-35(2,3)51/h6-8,10,14-16,19,23,51H,9,11-13,17-18H2,1-5H3,(H,37,38,40)(H,39,47,49). The third-order valence-corrected chi connectivity index (χ3v) is 9.88. The van der Waals surface area contributed by atoms with Crippen LogP contribution in [-0.4, -0.2) is 76.4 Å². The van der Waals surface area contributed by atoms with Gasteiger partial charge < -0.3 is 20.2 Å². The number of imide groups is 1. The van der Waals surface area contributed by atoms with E-state index in [9.17, 15) is 24.3 Å². The highest BCUT2D eigenvalue weighted by Crippen LogP contribution is 2.34. The Labute approximate surface area is 297 Å². The van der Waals surface area contributed by atoms with Crippen LogP contribution in [-0.2, 0) is 35.0 Å². The molecule has 0 radical (unpaired) electrons. The first kappa shape index (κ1) is 34.2. The normalized spacial score (nSPS) is 18.6. The lowest BCUT2D eigenvalue weighted by molar-refractivity contribution is -0.134. The lowest BCUT2D eigenvalue weighted by Gasteiger charge is -2.39. The average Bonchev–Trinajstić information content (AvgIpc) is 3.51. The highest BCUT2D eigenvalue weighted by molar-refractivity contribution is 6.33. The minimum atomic E-state index is -0.928. The molecule has 3 amide bonds. The largest absolute Gasteiger partial charge is 0.390 e. The van der Waals surface area contributed by atoms with Gasteiger partial charge in [0.05, 0.1) is 46.0 Å². The van der Waals surface area contributed by atoms with E-state index >= 15 is 0 Å². The fraction of sp³-hybridized carbons (Fsp3) is 0.400. The summed E-state index contributed by atoms with van der Waals surface area (Å²) in [4.78, 5) is 63.7. The van der Waals surface area contributed by atoms with Crippen molar-refractivity contribution in [2.75, 3.05) is 28.2 Å². The smallest absolute Gasteiger partial charge is 0.328 e. The predicted molar refractivity (Wildman–Crippen MR) is 193 cm³/mol. The Hall–Kier alpha value is -5.28. The molecule has 5 aromatic rings. The van der Waals surface area contributed by atoms with Crippen LogP contribution < -0.4 is 26.1 Å². The van der Waals surface area contributed by atoms with Crippen LogP contribution in [0.4, 0.5) is 23.1 Å². The molecule has 15 nitrogen and oxygen atoms in total. The van der Waals surface area contributed by atoms with Gasteiger partial charge in [-0.05, 0) is 70.0 Å². The number of aryl methyl sites for hydroxylation is 3. The number of benzene rings is 2. The van der Waals surface area contributed by atoms with E-state index in [0.717, 1.165) is 16.4 Å². The Balaban J connectivity index is 1.10. The van der Waals surface area contributed by atoms with Crippen molar-refractivity contribution >= 4 is 74.4 Å². The topological polar surface area (TPSA) is 173 Å². The second-order valence-corrected chi connectivity index (χ2v) is 14.4. The molecule has 51 heavy (non-hydrogen) atoms. The summed E-state index contributed by atoms with van der Waals surface area (Å²) in [5, 5.41) is 21.6. The third kappa shape index (κ3) is 6.42. The Bertz CT molecular complexity index is 2290. The number of hydrogen-bond donors (Lipinski definition) is 3. The number of carbonyl (C=O) groups is 3. The van der Waals surface area contributed by atoms with E-state index in [1.165, 1.54) is 6.20 Å². The summed E-state index contributed by atoms with van der Waals surface area (Å²) < 4.78 is 4.91. The summed E-state index contributed by atoms with van der Waals surface area (Å²) in [6.45, 7) is 6.19. The number of fused-ring (bicyclic) bond motifs is 2. The number of nitrogens with one attached hydrogen (secondary N) is 2. The van der Waals surface area contributed by atoms with E-state index in [1.807, 2.05) is 48.2 Å². The molecule has 16 heteroatoms. The van der Waals surface area contributed by atoms with Crippen LogP contribution in [0.5, 0.6) is 0 Å². The molecular weight excluding hydrogens is 676 g/mol. The zero-order chi connectivity index (χ0) is 36.4. The minimum absolute atomic E-state index is 0.0276. The molecule has 2 unspecified atom stereocenters. The fourth-order valence-electron chi connectivity index (χ4n) is 6.96. The first-order valence-electron chi connectivity index (χ1n) is 16.8. The van der Waals surface area contributed by atoms with Crippen LogP contribution in [0.1, 0.15) is 51.6 Å². The van der Waals surface area contributed by atoms with Crippen LogP contribution in [0.15, 0.2) is 47.4 Å². The van der Waals surface area contributed by atoms with Gasteiger partial charge in [0.15, 0.2) is 5.82 Å². The number of carbonyl (C=O) groups excluding carboxylic acids is 3. The number of piperazine rings is 1. The zero-order valence-electron chi connectivity index (χ0n) is 29.0. The molecule has 7 rings (SSSR count). The molecule has 0 spiro atoms. The minimum Gasteiger partial charge on any atom is -0.390 e. The number of imidazole rings is 1. The van der Waals surface area contributed by atoms with Gasteiger partial charge in [-0.15, -0.1) is 0 Å². The molecule has 5 heterocycles. The first-order chi connectivity index (χ1) is 24.2. The summed E-state index contributed by atoms with van der Waals surface area (Å²) in [7, 11) is 3.51. The Morgan fingerprint density at radius 3 is 2.57 bits per heavy atom. The Kier molecular flexibility index (Phi) is 8.58. The van der Waals surface area contributed by atoms with Crippen LogP contribution in [0.25, 0.3) is 21.9 Å². The van der Waals surface area contributed by atoms with E-state index in [0.29, 0.717) is 60.3 Å². The molecule has 0 saturated carbocycles. The van der Waals surface area contributed by atoms with Crippen LogP contribution >= 0.6 is 11.6 Å². The molecule has 3 aromatic heterocycles. The number of nitrogens with zero attached hydrogens (tertiary/aromatic N) is 8. The van der Waals surface area contributed by atoms with Gasteiger partial charge in [0.1, 0.15) is 11.6 Å². The van der Waals surface area contributed by atoms with Crippen molar-refractivity contribution < 1.29 is 19.5 Å². The van der Waals surface area contributed by atoms with E-state index < -0.39 is 11.5 Å². The second-order valence-electron chi connectivity index (χ2n) is 14.0. The number of piperidine rings is 1. The summed E-state index contributed by atoms with van der Waals surface area (Å²) in [6.07, 6.45) is 2.55. The molecule has 2 aromatic carbocycles. The maximum Gasteiger partial charge on any atom is 0.328 e. The van der Waals surface area contributed by atoms with Gasteiger partial charge >= 0.3 is 5.69 Å². The van der Waals surface area contributed by atoms with Crippen molar-refractivity contribution in [1.82, 2.24) is 34.2 Å². The molecule has 266 valence electrons. The molecule has 0 aliphatic carbocycles. The van der Waals surface area contributed by atoms with Crippen molar-refractivity contribution in [1.29, 1.82) is 0 Å². The van der Waals surface area contributed by atoms with Crippen LogP contribution in [0, 0.1) is 0 Å². The quantitative estimate of drug-likeness (QED) is 0.203. The number of hydrogen-bond acceptors (Lipinski definition) is 10.